The van der Waals surface area contributed by atoms with Gasteiger partial charge in [0.15, 0.2) is 0 Å². The van der Waals surface area contributed by atoms with Gasteiger partial charge in [-0.15, -0.1) is 6.58 Å². The summed E-state index contributed by atoms with van der Waals surface area (Å²) in [5.41, 5.74) is 5.54. The molecule has 0 saturated carbocycles. The quantitative estimate of drug-likeness (QED) is 0.772. The van der Waals surface area contributed by atoms with Crippen LogP contribution in [0.3, 0.4) is 0 Å². The van der Waals surface area contributed by atoms with Crippen LogP contribution < -0.4 is 11.1 Å². The molecule has 0 heterocycles. The highest BCUT2D eigenvalue weighted by atomic mass is 35.5. The summed E-state index contributed by atoms with van der Waals surface area (Å²) < 4.78 is 0. The molecule has 1 atom stereocenters. The lowest BCUT2D eigenvalue weighted by atomic mass is 10.1. The zero-order valence-electron chi connectivity index (χ0n) is 9.86. The van der Waals surface area contributed by atoms with E-state index in [2.05, 4.69) is 11.9 Å². The van der Waals surface area contributed by atoms with Crippen molar-refractivity contribution < 1.29 is 9.59 Å². The summed E-state index contributed by atoms with van der Waals surface area (Å²) in [4.78, 5) is 23.1. The molecule has 18 heavy (non-hydrogen) atoms. The topological polar surface area (TPSA) is 72.2 Å². The highest BCUT2D eigenvalue weighted by Gasteiger charge is 2.19. The Morgan fingerprint density at radius 2 is 2.11 bits per heavy atom. The Kier molecular flexibility index (Phi) is 5.39. The molecule has 0 radical (unpaired) electrons. The van der Waals surface area contributed by atoms with Crippen LogP contribution in [0.25, 0.3) is 0 Å². The van der Waals surface area contributed by atoms with Crippen LogP contribution in [0.2, 0.25) is 5.02 Å². The maximum Gasteiger partial charge on any atom is 0.253 e. The van der Waals surface area contributed by atoms with Gasteiger partial charge in [-0.1, -0.05) is 29.8 Å². The Bertz CT molecular complexity index is 460. The van der Waals surface area contributed by atoms with Gasteiger partial charge in [-0.05, 0) is 25.0 Å². The normalized spacial score (nSPS) is 11.6. The summed E-state index contributed by atoms with van der Waals surface area (Å²) >= 11 is 5.89. The van der Waals surface area contributed by atoms with Crippen LogP contribution in [0.1, 0.15) is 23.2 Å². The van der Waals surface area contributed by atoms with E-state index in [9.17, 15) is 9.59 Å². The van der Waals surface area contributed by atoms with Gasteiger partial charge >= 0.3 is 0 Å². The van der Waals surface area contributed by atoms with Gasteiger partial charge in [0.2, 0.25) is 5.91 Å². The summed E-state index contributed by atoms with van der Waals surface area (Å²) in [5, 5.41) is 2.90. The van der Waals surface area contributed by atoms with Gasteiger partial charge in [-0.25, -0.2) is 0 Å². The lowest BCUT2D eigenvalue weighted by Gasteiger charge is -2.15. The van der Waals surface area contributed by atoms with Crippen molar-refractivity contribution in [1.29, 1.82) is 0 Å². The number of rotatable bonds is 6. The van der Waals surface area contributed by atoms with Crippen molar-refractivity contribution in [3.8, 4) is 0 Å². The Balaban J connectivity index is 2.75. The Hall–Kier alpha value is -1.81. The van der Waals surface area contributed by atoms with Gasteiger partial charge in [0, 0.05) is 0 Å². The third kappa shape index (κ3) is 3.89. The summed E-state index contributed by atoms with van der Waals surface area (Å²) in [6.45, 7) is 3.56. The fourth-order valence-electron chi connectivity index (χ4n) is 1.45. The molecule has 5 heteroatoms. The van der Waals surface area contributed by atoms with Gasteiger partial charge in [-0.2, -0.15) is 0 Å². The molecule has 1 aromatic rings. The molecule has 0 aromatic heterocycles. The number of primary amides is 1. The van der Waals surface area contributed by atoms with Crippen molar-refractivity contribution in [2.24, 2.45) is 5.73 Å². The molecule has 0 spiro atoms. The van der Waals surface area contributed by atoms with E-state index in [0.717, 1.165) is 0 Å². The lowest BCUT2D eigenvalue weighted by Crippen LogP contribution is -2.44. The SMILES string of the molecule is C=CCC[C@H](NC(=O)c1ccccc1Cl)C(N)=O. The van der Waals surface area contributed by atoms with E-state index in [1.165, 1.54) is 0 Å². The molecule has 1 rings (SSSR count). The zero-order chi connectivity index (χ0) is 13.5. The van der Waals surface area contributed by atoms with Gasteiger partial charge in [0.1, 0.15) is 6.04 Å². The number of hydrogen-bond donors (Lipinski definition) is 2. The van der Waals surface area contributed by atoms with Crippen LogP contribution in [-0.4, -0.2) is 17.9 Å². The summed E-state index contributed by atoms with van der Waals surface area (Å²) in [5.74, 6) is -0.981. The average Bonchev–Trinajstić information content (AvgIpc) is 2.34. The highest BCUT2D eigenvalue weighted by molar-refractivity contribution is 6.33. The van der Waals surface area contributed by atoms with Gasteiger partial charge in [0.05, 0.1) is 10.6 Å². The number of nitrogens with one attached hydrogen (secondary N) is 1. The Labute approximate surface area is 111 Å². The first-order chi connectivity index (χ1) is 8.56. The molecular formula is C13H15ClN2O2. The van der Waals surface area contributed by atoms with E-state index in [1.807, 2.05) is 0 Å². The fourth-order valence-corrected chi connectivity index (χ4v) is 1.67. The van der Waals surface area contributed by atoms with E-state index < -0.39 is 17.9 Å². The molecule has 0 bridgehead atoms. The largest absolute Gasteiger partial charge is 0.368 e. The first-order valence-electron chi connectivity index (χ1n) is 5.52. The molecule has 0 aliphatic carbocycles. The fraction of sp³-hybridized carbons (Fsp3) is 0.231. The van der Waals surface area contributed by atoms with Crippen molar-refractivity contribution in [3.05, 3.63) is 47.5 Å². The predicted molar refractivity (Wildman–Crippen MR) is 71.3 cm³/mol. The van der Waals surface area contributed by atoms with Crippen molar-refractivity contribution in [3.63, 3.8) is 0 Å². The third-order valence-electron chi connectivity index (χ3n) is 2.43. The molecule has 3 N–H and O–H groups in total. The number of amides is 2. The van der Waals surface area contributed by atoms with Crippen molar-refractivity contribution >= 4 is 23.4 Å². The summed E-state index contributed by atoms with van der Waals surface area (Å²) in [6.07, 6.45) is 2.68. The van der Waals surface area contributed by atoms with Crippen molar-refractivity contribution in [2.45, 2.75) is 18.9 Å². The Morgan fingerprint density at radius 3 is 2.67 bits per heavy atom. The molecule has 96 valence electrons. The molecular weight excluding hydrogens is 252 g/mol. The number of carbonyl (C=O) groups is 2. The Morgan fingerprint density at radius 1 is 1.44 bits per heavy atom. The molecule has 0 saturated heterocycles. The van der Waals surface area contributed by atoms with Crippen LogP contribution in [0.5, 0.6) is 0 Å². The van der Waals surface area contributed by atoms with Gasteiger partial charge in [0.25, 0.3) is 5.91 Å². The van der Waals surface area contributed by atoms with Crippen LogP contribution in [-0.2, 0) is 4.79 Å². The average molecular weight is 267 g/mol. The van der Waals surface area contributed by atoms with E-state index in [1.54, 1.807) is 30.3 Å². The van der Waals surface area contributed by atoms with Crippen LogP contribution in [0.15, 0.2) is 36.9 Å². The van der Waals surface area contributed by atoms with E-state index in [4.69, 9.17) is 17.3 Å². The second-order valence-electron chi connectivity index (χ2n) is 3.77. The molecule has 0 aliphatic rings. The number of nitrogens with two attached hydrogens (primary N) is 1. The minimum absolute atomic E-state index is 0.323. The standard InChI is InChI=1S/C13H15ClN2O2/c1-2-3-8-11(12(15)17)16-13(18)9-6-4-5-7-10(9)14/h2,4-7,11H,1,3,8H2,(H2,15,17)(H,16,18)/t11-/m0/s1. The van der Waals surface area contributed by atoms with Crippen molar-refractivity contribution in [1.82, 2.24) is 5.32 Å². The summed E-state index contributed by atoms with van der Waals surface area (Å²) in [6, 6.07) is 5.90. The van der Waals surface area contributed by atoms with Crippen LogP contribution in [0, 0.1) is 0 Å². The van der Waals surface area contributed by atoms with Crippen molar-refractivity contribution in [2.75, 3.05) is 0 Å². The number of hydrogen-bond acceptors (Lipinski definition) is 2. The maximum atomic E-state index is 11.9. The van der Waals surface area contributed by atoms with Gasteiger partial charge in [-0.3, -0.25) is 9.59 Å². The molecule has 0 fully saturated rings. The third-order valence-corrected chi connectivity index (χ3v) is 2.76. The highest BCUT2D eigenvalue weighted by Crippen LogP contribution is 2.15. The molecule has 0 aliphatic heterocycles. The number of halogens is 1. The molecule has 4 nitrogen and oxygen atoms in total. The molecule has 0 unspecified atom stereocenters. The number of allylic oxidation sites excluding steroid dienone is 1. The van der Waals surface area contributed by atoms with E-state index >= 15 is 0 Å². The van der Waals surface area contributed by atoms with E-state index in [-0.39, 0.29) is 0 Å². The lowest BCUT2D eigenvalue weighted by molar-refractivity contribution is -0.119. The monoisotopic (exact) mass is 266 g/mol. The molecule has 2 amide bonds. The minimum Gasteiger partial charge on any atom is -0.368 e. The van der Waals surface area contributed by atoms with Crippen LogP contribution >= 0.6 is 11.6 Å². The minimum atomic E-state index is -0.716. The summed E-state index contributed by atoms with van der Waals surface area (Å²) in [7, 11) is 0. The van der Waals surface area contributed by atoms with Gasteiger partial charge < -0.3 is 11.1 Å². The predicted octanol–water partition coefficient (Wildman–Crippen LogP) is 1.89. The zero-order valence-corrected chi connectivity index (χ0v) is 10.6. The maximum absolute atomic E-state index is 11.9. The number of benzene rings is 1. The smallest absolute Gasteiger partial charge is 0.253 e. The number of carbonyl (C=O) groups excluding carboxylic acids is 2. The van der Waals surface area contributed by atoms with Crippen LogP contribution in [0.4, 0.5) is 0 Å². The van der Waals surface area contributed by atoms with E-state index in [0.29, 0.717) is 23.4 Å². The second-order valence-corrected chi connectivity index (χ2v) is 4.18. The first-order valence-corrected chi connectivity index (χ1v) is 5.89. The molecule has 1 aromatic carbocycles. The first kappa shape index (κ1) is 14.3. The second kappa shape index (κ2) is 6.81.